The standard InChI is InChI=1S/C41H26N4O2.Pt/c1-41(2)33-13-4-6-15-37(33)47-38-23-31-30-12-8-18-42-40(30)45(36(31)24-34(38)41)25-9-7-10-26(21-25)46-27-16-17-28-29-11-3-5-14-35(29)44-20-19-43-39(44)32(28)22-27;/h3-20,23-24H,1-2H3;/q-2;+2. The van der Waals surface area contributed by atoms with Gasteiger partial charge in [-0.15, -0.1) is 30.3 Å². The van der Waals surface area contributed by atoms with Crippen molar-refractivity contribution in [3.05, 3.63) is 145 Å². The summed E-state index contributed by atoms with van der Waals surface area (Å²) in [4.78, 5) is 9.49. The van der Waals surface area contributed by atoms with Gasteiger partial charge in [0.15, 0.2) is 0 Å². The van der Waals surface area contributed by atoms with Gasteiger partial charge >= 0.3 is 21.1 Å². The maximum Gasteiger partial charge on any atom is 2.00 e. The Kier molecular flexibility index (Phi) is 6.31. The van der Waals surface area contributed by atoms with E-state index >= 15 is 0 Å². The Balaban J connectivity index is 0.00000314. The Morgan fingerprint density at radius 3 is 2.40 bits per heavy atom. The third kappa shape index (κ3) is 4.09. The Morgan fingerprint density at radius 2 is 1.46 bits per heavy atom. The first-order valence-corrected chi connectivity index (χ1v) is 15.7. The van der Waals surface area contributed by atoms with Crippen LogP contribution in [-0.4, -0.2) is 18.9 Å². The van der Waals surface area contributed by atoms with E-state index in [1.54, 1.807) is 0 Å². The normalized spacial score (nSPS) is 13.4. The van der Waals surface area contributed by atoms with Crippen LogP contribution in [0.5, 0.6) is 23.0 Å². The summed E-state index contributed by atoms with van der Waals surface area (Å²) < 4.78 is 17.2. The number of para-hydroxylation sites is 2. The first kappa shape index (κ1) is 28.7. The molecule has 0 spiro atoms. The number of ether oxygens (including phenoxy) is 2. The molecule has 5 heterocycles. The molecule has 0 atom stereocenters. The third-order valence-electron chi connectivity index (χ3n) is 9.53. The van der Waals surface area contributed by atoms with Gasteiger partial charge < -0.3 is 18.4 Å². The largest absolute Gasteiger partial charge is 2.00 e. The maximum atomic E-state index is 6.48. The molecule has 232 valence electrons. The number of pyridine rings is 2. The number of benzene rings is 5. The van der Waals surface area contributed by atoms with Crippen molar-refractivity contribution < 1.29 is 30.5 Å². The van der Waals surface area contributed by atoms with E-state index in [1.807, 2.05) is 67.1 Å². The molecule has 4 aromatic heterocycles. The molecule has 0 radical (unpaired) electrons. The molecule has 0 N–H and O–H groups in total. The van der Waals surface area contributed by atoms with Crippen LogP contribution in [0.15, 0.2) is 122 Å². The van der Waals surface area contributed by atoms with E-state index in [0.29, 0.717) is 11.5 Å². The van der Waals surface area contributed by atoms with Gasteiger partial charge in [0.05, 0.1) is 11.2 Å². The first-order valence-electron chi connectivity index (χ1n) is 15.7. The van der Waals surface area contributed by atoms with Crippen LogP contribution in [0.4, 0.5) is 0 Å². The molecule has 10 rings (SSSR count). The van der Waals surface area contributed by atoms with Gasteiger partial charge in [0, 0.05) is 62.9 Å². The zero-order valence-corrected chi connectivity index (χ0v) is 28.2. The van der Waals surface area contributed by atoms with E-state index in [-0.39, 0.29) is 26.5 Å². The van der Waals surface area contributed by atoms with Crippen molar-refractivity contribution in [3.63, 3.8) is 0 Å². The zero-order chi connectivity index (χ0) is 31.3. The van der Waals surface area contributed by atoms with Crippen LogP contribution in [0.25, 0.3) is 54.9 Å². The minimum absolute atomic E-state index is 0. The molecule has 0 bridgehead atoms. The fraction of sp³-hybridized carbons (Fsp3) is 0.0732. The fourth-order valence-corrected chi connectivity index (χ4v) is 7.29. The fourth-order valence-electron chi connectivity index (χ4n) is 7.29. The molecule has 0 unspecified atom stereocenters. The van der Waals surface area contributed by atoms with E-state index in [1.165, 1.54) is 5.56 Å². The molecule has 5 aromatic carbocycles. The Labute approximate surface area is 290 Å². The van der Waals surface area contributed by atoms with Crippen molar-refractivity contribution >= 4 is 49.3 Å². The maximum absolute atomic E-state index is 6.48. The van der Waals surface area contributed by atoms with Crippen molar-refractivity contribution in [1.29, 1.82) is 0 Å². The van der Waals surface area contributed by atoms with Gasteiger partial charge in [0.1, 0.15) is 17.1 Å². The van der Waals surface area contributed by atoms with Gasteiger partial charge in [0.2, 0.25) is 0 Å². The summed E-state index contributed by atoms with van der Waals surface area (Å²) in [6.07, 6.45) is 5.64. The Bertz CT molecular complexity index is 2740. The van der Waals surface area contributed by atoms with E-state index < -0.39 is 0 Å². The van der Waals surface area contributed by atoms with E-state index in [4.69, 9.17) is 14.5 Å². The predicted molar refractivity (Wildman–Crippen MR) is 185 cm³/mol. The van der Waals surface area contributed by atoms with Crippen molar-refractivity contribution in [2.75, 3.05) is 0 Å². The number of aromatic nitrogens is 4. The van der Waals surface area contributed by atoms with Gasteiger partial charge in [-0.25, -0.2) is 4.98 Å². The van der Waals surface area contributed by atoms with Crippen LogP contribution >= 0.6 is 0 Å². The van der Waals surface area contributed by atoms with Gasteiger partial charge in [-0.2, -0.15) is 6.07 Å². The van der Waals surface area contributed by atoms with Crippen LogP contribution in [0.1, 0.15) is 25.0 Å². The molecule has 0 aliphatic carbocycles. The van der Waals surface area contributed by atoms with Crippen molar-refractivity contribution in [2.45, 2.75) is 19.3 Å². The molecule has 1 aliphatic heterocycles. The van der Waals surface area contributed by atoms with Gasteiger partial charge in [-0.05, 0) is 41.8 Å². The molecule has 0 saturated carbocycles. The first-order chi connectivity index (χ1) is 23.0. The summed E-state index contributed by atoms with van der Waals surface area (Å²) in [6, 6.07) is 42.2. The average Bonchev–Trinajstić information content (AvgIpc) is 3.72. The zero-order valence-electron chi connectivity index (χ0n) is 26.0. The number of fused-ring (bicyclic) bond motifs is 11. The molecule has 7 heteroatoms. The number of hydrogen-bond donors (Lipinski definition) is 0. The minimum atomic E-state index is -0.251. The SMILES string of the molecule is CC1(C)c2ccccc2Oc2cc3c4cccnc4n(-c4[c-]c(Oc5[c-]c6c(cc5)c5ccccc5n5ccnc65)ccc4)c3cc21.[Pt+2]. The summed E-state index contributed by atoms with van der Waals surface area (Å²) in [7, 11) is 0. The minimum Gasteiger partial charge on any atom is -0.503 e. The Hall–Kier alpha value is -5.45. The average molecular weight is 802 g/mol. The molecular formula is C41H26N4O2Pt. The van der Waals surface area contributed by atoms with Gasteiger partial charge in [0.25, 0.3) is 0 Å². The quantitative estimate of drug-likeness (QED) is 0.132. The molecular weight excluding hydrogens is 776 g/mol. The second kappa shape index (κ2) is 10.5. The van der Waals surface area contributed by atoms with E-state index in [2.05, 4.69) is 94.5 Å². The van der Waals surface area contributed by atoms with Gasteiger partial charge in [-0.3, -0.25) is 4.98 Å². The number of hydrogen-bond acceptors (Lipinski definition) is 4. The summed E-state index contributed by atoms with van der Waals surface area (Å²) in [6.45, 7) is 4.51. The molecule has 0 fully saturated rings. The van der Waals surface area contributed by atoms with Crippen molar-refractivity contribution in [2.24, 2.45) is 0 Å². The molecule has 0 saturated heterocycles. The van der Waals surface area contributed by atoms with Crippen LogP contribution in [0.3, 0.4) is 0 Å². The van der Waals surface area contributed by atoms with Crippen LogP contribution in [-0.2, 0) is 26.5 Å². The van der Waals surface area contributed by atoms with E-state index in [9.17, 15) is 0 Å². The second-order valence-electron chi connectivity index (χ2n) is 12.6. The van der Waals surface area contributed by atoms with Crippen molar-refractivity contribution in [1.82, 2.24) is 18.9 Å². The second-order valence-corrected chi connectivity index (χ2v) is 12.6. The molecule has 6 nitrogen and oxygen atoms in total. The monoisotopic (exact) mass is 801 g/mol. The third-order valence-corrected chi connectivity index (χ3v) is 9.53. The van der Waals surface area contributed by atoms with Crippen LogP contribution in [0.2, 0.25) is 0 Å². The molecule has 1 aliphatic rings. The summed E-state index contributed by atoms with van der Waals surface area (Å²) in [5, 5.41) is 5.25. The van der Waals surface area contributed by atoms with Crippen LogP contribution in [0, 0.1) is 12.1 Å². The van der Waals surface area contributed by atoms with Gasteiger partial charge in [-0.1, -0.05) is 72.8 Å². The molecule has 48 heavy (non-hydrogen) atoms. The topological polar surface area (TPSA) is 53.6 Å². The van der Waals surface area contributed by atoms with Crippen LogP contribution < -0.4 is 9.47 Å². The molecule has 9 aromatic rings. The number of rotatable bonds is 3. The summed E-state index contributed by atoms with van der Waals surface area (Å²) in [5.74, 6) is 2.95. The van der Waals surface area contributed by atoms with E-state index in [0.717, 1.165) is 72.0 Å². The number of nitrogens with zero attached hydrogens (tertiary/aromatic N) is 4. The Morgan fingerprint density at radius 1 is 0.646 bits per heavy atom. The smallest absolute Gasteiger partial charge is 0.503 e. The summed E-state index contributed by atoms with van der Waals surface area (Å²) in [5.41, 5.74) is 6.71. The predicted octanol–water partition coefficient (Wildman–Crippen LogP) is 9.95. The van der Waals surface area contributed by atoms with Crippen molar-refractivity contribution in [3.8, 4) is 28.7 Å². The molecule has 0 amide bonds. The summed E-state index contributed by atoms with van der Waals surface area (Å²) >= 11 is 0. The number of imidazole rings is 1.